The molecule has 5 heteroatoms. The van der Waals surface area contributed by atoms with Crippen molar-refractivity contribution in [1.82, 2.24) is 4.90 Å². The highest BCUT2D eigenvalue weighted by Crippen LogP contribution is 2.26. The van der Waals surface area contributed by atoms with Crippen LogP contribution in [0.5, 0.6) is 0 Å². The quantitative estimate of drug-likeness (QED) is 0.860. The van der Waals surface area contributed by atoms with Crippen molar-refractivity contribution in [3.8, 4) is 6.07 Å². The highest BCUT2D eigenvalue weighted by atomic mass is 16.4. The molecule has 1 N–H and O–H groups in total. The molecule has 0 amide bonds. The molecule has 0 aliphatic carbocycles. The standard InChI is InChI=1S/C12H14N2O3/c13-8-10(11-2-1-7-17-11)14-5-3-9(4-6-14)12(15)16/h1-2,7,9-10H,3-6H2,(H,15,16). The summed E-state index contributed by atoms with van der Waals surface area (Å²) in [5, 5.41) is 18.1. The number of carbonyl (C=O) groups is 1. The predicted molar refractivity (Wildman–Crippen MR) is 59.0 cm³/mol. The lowest BCUT2D eigenvalue weighted by Crippen LogP contribution is -2.38. The van der Waals surface area contributed by atoms with Crippen molar-refractivity contribution in [2.75, 3.05) is 13.1 Å². The number of nitrogens with zero attached hydrogens (tertiary/aromatic N) is 2. The number of nitriles is 1. The summed E-state index contributed by atoms with van der Waals surface area (Å²) in [4.78, 5) is 12.8. The maximum Gasteiger partial charge on any atom is 0.306 e. The SMILES string of the molecule is N#CC(c1ccco1)N1CCC(C(=O)O)CC1. The van der Waals surface area contributed by atoms with Crippen LogP contribution in [0.25, 0.3) is 0 Å². The van der Waals surface area contributed by atoms with Crippen LogP contribution in [0.1, 0.15) is 24.6 Å². The number of rotatable bonds is 3. The van der Waals surface area contributed by atoms with Gasteiger partial charge in [0.25, 0.3) is 0 Å². The van der Waals surface area contributed by atoms with Crippen molar-refractivity contribution < 1.29 is 14.3 Å². The molecule has 1 saturated heterocycles. The number of carboxylic acid groups (broad SMARTS) is 1. The van der Waals surface area contributed by atoms with Gasteiger partial charge in [-0.2, -0.15) is 5.26 Å². The van der Waals surface area contributed by atoms with E-state index in [1.807, 2.05) is 4.90 Å². The number of carboxylic acids is 1. The van der Waals surface area contributed by atoms with Crippen molar-refractivity contribution in [2.24, 2.45) is 5.92 Å². The smallest absolute Gasteiger partial charge is 0.306 e. The Morgan fingerprint density at radius 1 is 1.59 bits per heavy atom. The molecule has 1 fully saturated rings. The Morgan fingerprint density at radius 3 is 2.76 bits per heavy atom. The van der Waals surface area contributed by atoms with Gasteiger partial charge in [-0.1, -0.05) is 0 Å². The maximum absolute atomic E-state index is 10.8. The van der Waals surface area contributed by atoms with Crippen LogP contribution in [0.3, 0.4) is 0 Å². The Balaban J connectivity index is 2.00. The molecule has 1 aromatic heterocycles. The minimum atomic E-state index is -0.740. The van der Waals surface area contributed by atoms with E-state index < -0.39 is 12.0 Å². The minimum absolute atomic E-state index is 0.276. The Kier molecular flexibility index (Phi) is 3.45. The third kappa shape index (κ3) is 2.48. The number of furan rings is 1. The fraction of sp³-hybridized carbons (Fsp3) is 0.500. The number of likely N-dealkylation sites (tertiary alicyclic amines) is 1. The molecule has 0 aromatic carbocycles. The lowest BCUT2D eigenvalue weighted by atomic mass is 9.96. The number of hydrogen-bond donors (Lipinski definition) is 1. The second-order valence-corrected chi connectivity index (χ2v) is 4.20. The van der Waals surface area contributed by atoms with Gasteiger partial charge in [0.1, 0.15) is 5.76 Å². The van der Waals surface area contributed by atoms with Crippen LogP contribution in [0.15, 0.2) is 22.8 Å². The van der Waals surface area contributed by atoms with Crippen LogP contribution in [-0.4, -0.2) is 29.1 Å². The van der Waals surface area contributed by atoms with E-state index in [0.717, 1.165) is 0 Å². The van der Waals surface area contributed by atoms with Gasteiger partial charge in [0.2, 0.25) is 0 Å². The zero-order chi connectivity index (χ0) is 12.3. The van der Waals surface area contributed by atoms with Gasteiger partial charge in [-0.3, -0.25) is 9.69 Å². The lowest BCUT2D eigenvalue weighted by molar-refractivity contribution is -0.143. The Hall–Kier alpha value is -1.80. The third-order valence-electron chi connectivity index (χ3n) is 3.18. The summed E-state index contributed by atoms with van der Waals surface area (Å²) >= 11 is 0. The highest BCUT2D eigenvalue weighted by Gasteiger charge is 2.30. The monoisotopic (exact) mass is 234 g/mol. The van der Waals surface area contributed by atoms with Gasteiger partial charge >= 0.3 is 5.97 Å². The largest absolute Gasteiger partial charge is 0.481 e. The normalized spacial score (nSPS) is 19.7. The molecule has 1 aliphatic rings. The zero-order valence-electron chi connectivity index (χ0n) is 9.37. The molecule has 1 atom stereocenters. The number of piperidine rings is 1. The molecule has 1 aliphatic heterocycles. The van der Waals surface area contributed by atoms with Gasteiger partial charge < -0.3 is 9.52 Å². The molecular weight excluding hydrogens is 220 g/mol. The molecule has 0 spiro atoms. The molecule has 17 heavy (non-hydrogen) atoms. The highest BCUT2D eigenvalue weighted by molar-refractivity contribution is 5.70. The van der Waals surface area contributed by atoms with Crippen LogP contribution in [0.4, 0.5) is 0 Å². The van der Waals surface area contributed by atoms with E-state index in [2.05, 4.69) is 6.07 Å². The fourth-order valence-electron chi connectivity index (χ4n) is 2.18. The van der Waals surface area contributed by atoms with E-state index in [4.69, 9.17) is 14.8 Å². The van der Waals surface area contributed by atoms with Crippen LogP contribution in [0.2, 0.25) is 0 Å². The number of aliphatic carboxylic acids is 1. The summed E-state index contributed by atoms with van der Waals surface area (Å²) in [6, 6.07) is 5.33. The van der Waals surface area contributed by atoms with E-state index in [1.54, 1.807) is 18.4 Å². The second-order valence-electron chi connectivity index (χ2n) is 4.20. The molecule has 0 bridgehead atoms. The van der Waals surface area contributed by atoms with Gasteiger partial charge in [0.15, 0.2) is 6.04 Å². The molecule has 0 saturated carbocycles. The van der Waals surface area contributed by atoms with E-state index in [9.17, 15) is 4.79 Å². The van der Waals surface area contributed by atoms with Crippen LogP contribution < -0.4 is 0 Å². The van der Waals surface area contributed by atoms with E-state index in [-0.39, 0.29) is 5.92 Å². The first-order chi connectivity index (χ1) is 8.22. The number of hydrogen-bond acceptors (Lipinski definition) is 4. The van der Waals surface area contributed by atoms with Gasteiger partial charge in [-0.25, -0.2) is 0 Å². The van der Waals surface area contributed by atoms with Crippen LogP contribution in [-0.2, 0) is 4.79 Å². The molecule has 90 valence electrons. The van der Waals surface area contributed by atoms with Crippen molar-refractivity contribution in [1.29, 1.82) is 5.26 Å². The van der Waals surface area contributed by atoms with Gasteiger partial charge in [0.05, 0.1) is 18.3 Å². The van der Waals surface area contributed by atoms with Crippen molar-refractivity contribution in [3.63, 3.8) is 0 Å². The summed E-state index contributed by atoms with van der Waals surface area (Å²) in [6.45, 7) is 1.24. The van der Waals surface area contributed by atoms with Crippen LogP contribution >= 0.6 is 0 Å². The first-order valence-electron chi connectivity index (χ1n) is 5.62. The molecule has 0 radical (unpaired) electrons. The summed E-state index contributed by atoms with van der Waals surface area (Å²) in [7, 11) is 0. The third-order valence-corrected chi connectivity index (χ3v) is 3.18. The predicted octanol–water partition coefficient (Wildman–Crippen LogP) is 1.64. The Morgan fingerprint density at radius 2 is 2.29 bits per heavy atom. The van der Waals surface area contributed by atoms with Crippen LogP contribution in [0, 0.1) is 17.2 Å². The summed E-state index contributed by atoms with van der Waals surface area (Å²) in [5.74, 6) is -0.389. The summed E-state index contributed by atoms with van der Waals surface area (Å²) in [6.07, 6.45) is 2.73. The minimum Gasteiger partial charge on any atom is -0.481 e. The Labute approximate surface area is 99.2 Å². The van der Waals surface area contributed by atoms with Crippen molar-refractivity contribution >= 4 is 5.97 Å². The fourth-order valence-corrected chi connectivity index (χ4v) is 2.18. The van der Waals surface area contributed by atoms with E-state index in [1.165, 1.54) is 0 Å². The lowest BCUT2D eigenvalue weighted by Gasteiger charge is -2.32. The topological polar surface area (TPSA) is 77.5 Å². The summed E-state index contributed by atoms with van der Waals surface area (Å²) < 4.78 is 5.23. The van der Waals surface area contributed by atoms with Gasteiger partial charge in [-0.05, 0) is 25.0 Å². The molecule has 1 unspecified atom stereocenters. The van der Waals surface area contributed by atoms with E-state index >= 15 is 0 Å². The average Bonchev–Trinajstić information content (AvgIpc) is 2.84. The Bertz CT molecular complexity index is 413. The van der Waals surface area contributed by atoms with Crippen molar-refractivity contribution in [3.05, 3.63) is 24.2 Å². The first-order valence-corrected chi connectivity index (χ1v) is 5.62. The second kappa shape index (κ2) is 5.02. The van der Waals surface area contributed by atoms with E-state index in [0.29, 0.717) is 31.7 Å². The summed E-state index contributed by atoms with van der Waals surface area (Å²) in [5.41, 5.74) is 0. The molecule has 2 rings (SSSR count). The first kappa shape index (κ1) is 11.7. The van der Waals surface area contributed by atoms with Crippen molar-refractivity contribution in [2.45, 2.75) is 18.9 Å². The average molecular weight is 234 g/mol. The van der Waals surface area contributed by atoms with Gasteiger partial charge in [0, 0.05) is 13.1 Å². The van der Waals surface area contributed by atoms with Gasteiger partial charge in [-0.15, -0.1) is 0 Å². The molecular formula is C12H14N2O3. The maximum atomic E-state index is 10.8. The zero-order valence-corrected chi connectivity index (χ0v) is 9.37. The molecule has 5 nitrogen and oxygen atoms in total. The molecule has 1 aromatic rings. The molecule has 2 heterocycles.